The number of nitrogens with one attached hydrogen (secondary N) is 1. The van der Waals surface area contributed by atoms with Gasteiger partial charge in [0.2, 0.25) is 5.91 Å². The number of aliphatic hydroxyl groups is 1. The average molecular weight is 472 g/mol. The van der Waals surface area contributed by atoms with Gasteiger partial charge in [-0.25, -0.2) is 9.37 Å². The third kappa shape index (κ3) is 5.87. The van der Waals surface area contributed by atoms with Crippen molar-refractivity contribution >= 4 is 22.4 Å². The predicted molar refractivity (Wildman–Crippen MR) is 125 cm³/mol. The summed E-state index contributed by atoms with van der Waals surface area (Å²) in [5.74, 6) is 0.511. The minimum atomic E-state index is -1.08. The molecule has 1 saturated heterocycles. The Labute approximate surface area is 195 Å². The first-order chi connectivity index (χ1) is 15.8. The molecule has 2 aromatic carbocycles. The fraction of sp³-hybridized carbons (Fsp3) is 0.333. The van der Waals surface area contributed by atoms with Gasteiger partial charge in [0.25, 0.3) is 0 Å². The maximum absolute atomic E-state index is 13.5. The lowest BCUT2D eigenvalue weighted by Crippen LogP contribution is -2.57. The highest BCUT2D eigenvalue weighted by molar-refractivity contribution is 7.14. The predicted octanol–water partition coefficient (Wildman–Crippen LogP) is 3.80. The maximum atomic E-state index is 13.5. The lowest BCUT2D eigenvalue weighted by molar-refractivity contribution is -0.122. The van der Waals surface area contributed by atoms with Crippen molar-refractivity contribution in [3.8, 4) is 22.8 Å². The van der Waals surface area contributed by atoms with E-state index in [0.717, 1.165) is 17.0 Å². The zero-order valence-corrected chi connectivity index (χ0v) is 19.3. The Kier molecular flexibility index (Phi) is 6.92. The number of amides is 1. The van der Waals surface area contributed by atoms with Crippen molar-refractivity contribution in [2.45, 2.75) is 25.0 Å². The summed E-state index contributed by atoms with van der Waals surface area (Å²) in [6.45, 7) is 2.71. The van der Waals surface area contributed by atoms with Crippen LogP contribution in [0.15, 0.2) is 53.9 Å². The molecule has 174 valence electrons. The van der Waals surface area contributed by atoms with Crippen molar-refractivity contribution in [2.75, 3.05) is 32.1 Å². The molecular weight excluding hydrogens is 445 g/mol. The lowest BCUT2D eigenvalue weighted by Gasteiger charge is -2.42. The Morgan fingerprint density at radius 2 is 2.09 bits per heavy atom. The van der Waals surface area contributed by atoms with Crippen LogP contribution in [-0.4, -0.2) is 59.3 Å². The number of piperidine rings is 1. The number of benzene rings is 2. The summed E-state index contributed by atoms with van der Waals surface area (Å²) in [7, 11) is 1.62. The van der Waals surface area contributed by atoms with Crippen molar-refractivity contribution in [2.24, 2.45) is 0 Å². The SMILES string of the molecule is COc1ccc(-c2csc(NC(=O)CN3CC[C@](C)(O)[C@@H](Oc4cccc(F)c4)C3)n2)cc1. The van der Waals surface area contributed by atoms with E-state index >= 15 is 0 Å². The van der Waals surface area contributed by atoms with Crippen LogP contribution in [0.3, 0.4) is 0 Å². The van der Waals surface area contributed by atoms with Crippen molar-refractivity contribution in [1.82, 2.24) is 9.88 Å². The Balaban J connectivity index is 1.34. The van der Waals surface area contributed by atoms with Crippen LogP contribution in [0.4, 0.5) is 9.52 Å². The molecule has 2 N–H and O–H groups in total. The van der Waals surface area contributed by atoms with E-state index in [1.54, 1.807) is 26.2 Å². The molecule has 7 nitrogen and oxygen atoms in total. The van der Waals surface area contributed by atoms with Gasteiger partial charge in [-0.15, -0.1) is 11.3 Å². The van der Waals surface area contributed by atoms with Gasteiger partial charge in [-0.1, -0.05) is 6.07 Å². The molecule has 0 aliphatic carbocycles. The second kappa shape index (κ2) is 9.86. The molecule has 1 amide bonds. The van der Waals surface area contributed by atoms with Crippen molar-refractivity contribution in [1.29, 1.82) is 0 Å². The summed E-state index contributed by atoms with van der Waals surface area (Å²) < 4.78 is 24.5. The molecule has 0 bridgehead atoms. The number of methoxy groups -OCH3 is 1. The van der Waals surface area contributed by atoms with Gasteiger partial charge in [0.1, 0.15) is 29.0 Å². The van der Waals surface area contributed by atoms with Crippen LogP contribution in [0.25, 0.3) is 11.3 Å². The lowest BCUT2D eigenvalue weighted by atomic mass is 9.90. The van der Waals surface area contributed by atoms with Gasteiger partial charge in [-0.3, -0.25) is 9.69 Å². The van der Waals surface area contributed by atoms with Crippen LogP contribution in [0.2, 0.25) is 0 Å². The van der Waals surface area contributed by atoms with Crippen LogP contribution in [0.1, 0.15) is 13.3 Å². The third-order valence-electron chi connectivity index (χ3n) is 5.63. The Bertz CT molecular complexity index is 1100. The molecule has 4 rings (SSSR count). The van der Waals surface area contributed by atoms with Crippen LogP contribution in [0.5, 0.6) is 11.5 Å². The van der Waals surface area contributed by atoms with E-state index in [-0.39, 0.29) is 12.5 Å². The molecule has 0 spiro atoms. The first kappa shape index (κ1) is 23.2. The number of hydrogen-bond acceptors (Lipinski definition) is 7. The van der Waals surface area contributed by atoms with Crippen molar-refractivity contribution in [3.05, 3.63) is 59.7 Å². The summed E-state index contributed by atoms with van der Waals surface area (Å²) in [6, 6.07) is 13.4. The van der Waals surface area contributed by atoms with Gasteiger partial charge in [0, 0.05) is 30.1 Å². The summed E-state index contributed by atoms with van der Waals surface area (Å²) in [5.41, 5.74) is 0.626. The monoisotopic (exact) mass is 471 g/mol. The van der Waals surface area contributed by atoms with Crippen molar-refractivity contribution < 1.29 is 23.8 Å². The Morgan fingerprint density at radius 3 is 2.82 bits per heavy atom. The standard InChI is InChI=1S/C24H26FN3O4S/c1-24(30)10-11-28(13-21(24)32-19-5-3-4-17(25)12-19)14-22(29)27-23-26-20(15-33-23)16-6-8-18(31-2)9-7-16/h3-9,12,15,21,30H,10-11,13-14H2,1-2H3,(H,26,27,29)/t21-,24-/m0/s1. The zero-order valence-electron chi connectivity index (χ0n) is 18.5. The second-order valence-corrected chi connectivity index (χ2v) is 9.08. The molecule has 2 heterocycles. The number of carbonyl (C=O) groups is 1. The molecule has 0 radical (unpaired) electrons. The minimum absolute atomic E-state index is 0.135. The van der Waals surface area contributed by atoms with Crippen molar-refractivity contribution in [3.63, 3.8) is 0 Å². The summed E-state index contributed by atoms with van der Waals surface area (Å²) in [4.78, 5) is 19.0. The van der Waals surface area contributed by atoms with E-state index in [1.807, 2.05) is 34.5 Å². The molecule has 9 heteroatoms. The van der Waals surface area contributed by atoms with Gasteiger partial charge < -0.3 is 19.9 Å². The van der Waals surface area contributed by atoms with Gasteiger partial charge >= 0.3 is 0 Å². The summed E-state index contributed by atoms with van der Waals surface area (Å²) in [6.07, 6.45) is -0.165. The van der Waals surface area contributed by atoms with E-state index in [4.69, 9.17) is 9.47 Å². The van der Waals surface area contributed by atoms with E-state index in [2.05, 4.69) is 10.3 Å². The number of hydrogen-bond donors (Lipinski definition) is 2. The topological polar surface area (TPSA) is 83.9 Å². The first-order valence-electron chi connectivity index (χ1n) is 10.6. The van der Waals surface area contributed by atoms with E-state index in [0.29, 0.717) is 30.4 Å². The highest BCUT2D eigenvalue weighted by atomic mass is 32.1. The Morgan fingerprint density at radius 1 is 1.30 bits per heavy atom. The summed E-state index contributed by atoms with van der Waals surface area (Å²) >= 11 is 1.36. The second-order valence-electron chi connectivity index (χ2n) is 8.22. The van der Waals surface area contributed by atoms with E-state index < -0.39 is 17.5 Å². The number of likely N-dealkylation sites (tertiary alicyclic amines) is 1. The number of nitrogens with zero attached hydrogens (tertiary/aromatic N) is 2. The maximum Gasteiger partial charge on any atom is 0.240 e. The van der Waals surface area contributed by atoms with E-state index in [1.165, 1.54) is 23.5 Å². The zero-order chi connectivity index (χ0) is 23.4. The number of ether oxygens (including phenoxy) is 2. The minimum Gasteiger partial charge on any atom is -0.497 e. The fourth-order valence-electron chi connectivity index (χ4n) is 3.67. The highest BCUT2D eigenvalue weighted by Gasteiger charge is 2.40. The molecule has 1 fully saturated rings. The number of aromatic nitrogens is 1. The molecule has 3 aromatic rings. The van der Waals surface area contributed by atoms with Crippen LogP contribution in [-0.2, 0) is 4.79 Å². The molecule has 2 atom stereocenters. The Hall–Kier alpha value is -3.01. The average Bonchev–Trinajstić information content (AvgIpc) is 3.24. The highest BCUT2D eigenvalue weighted by Crippen LogP contribution is 2.28. The summed E-state index contributed by atoms with van der Waals surface area (Å²) in [5, 5.41) is 16.0. The molecule has 0 saturated carbocycles. The fourth-order valence-corrected chi connectivity index (χ4v) is 4.40. The van der Waals surface area contributed by atoms with E-state index in [9.17, 15) is 14.3 Å². The number of rotatable bonds is 7. The molecule has 33 heavy (non-hydrogen) atoms. The number of thiazole rings is 1. The quantitative estimate of drug-likeness (QED) is 0.545. The van der Waals surface area contributed by atoms with Gasteiger partial charge in [0.15, 0.2) is 5.13 Å². The van der Waals surface area contributed by atoms with Crippen LogP contribution in [0, 0.1) is 5.82 Å². The van der Waals surface area contributed by atoms with Crippen LogP contribution < -0.4 is 14.8 Å². The number of carbonyl (C=O) groups excluding carboxylic acids is 1. The number of anilines is 1. The largest absolute Gasteiger partial charge is 0.497 e. The molecule has 1 aromatic heterocycles. The molecule has 0 unspecified atom stereocenters. The van der Waals surface area contributed by atoms with Crippen LogP contribution >= 0.6 is 11.3 Å². The first-order valence-corrected chi connectivity index (χ1v) is 11.5. The van der Waals surface area contributed by atoms with Gasteiger partial charge in [-0.2, -0.15) is 0 Å². The van der Waals surface area contributed by atoms with Gasteiger partial charge in [0.05, 0.1) is 19.3 Å². The van der Waals surface area contributed by atoms with Gasteiger partial charge in [-0.05, 0) is 49.7 Å². The smallest absolute Gasteiger partial charge is 0.240 e. The number of halogens is 1. The normalized spacial score (nSPS) is 20.9. The molecular formula is C24H26FN3O4S. The molecule has 1 aliphatic rings. The third-order valence-corrected chi connectivity index (χ3v) is 6.39. The molecule has 1 aliphatic heterocycles.